The molecule has 0 saturated carbocycles. The summed E-state index contributed by atoms with van der Waals surface area (Å²) in [5, 5.41) is 9.36. The Labute approximate surface area is 325 Å². The maximum absolute atomic E-state index is 14.0. The summed E-state index contributed by atoms with van der Waals surface area (Å²) in [6.45, 7) is 5.13. The lowest BCUT2D eigenvalue weighted by Gasteiger charge is -2.39. The number of rotatable bonds is 9. The fraction of sp³-hybridized carbons (Fsp3) is 0.475. The Morgan fingerprint density at radius 1 is 0.873 bits per heavy atom. The van der Waals surface area contributed by atoms with Crippen molar-refractivity contribution in [2.24, 2.45) is 11.3 Å². The molecular weight excluding hydrogens is 720 g/mol. The Hall–Kier alpha value is -5.24. The minimum Gasteiger partial charge on any atom is -0.374 e. The first-order valence-electron chi connectivity index (χ1n) is 19.4. The number of hydrogen-bond acceptors (Lipinski definition) is 11. The van der Waals surface area contributed by atoms with E-state index in [2.05, 4.69) is 65.0 Å². The monoisotopic (exact) mass is 766 g/mol. The van der Waals surface area contributed by atoms with E-state index in [1.54, 1.807) is 18.6 Å². The van der Waals surface area contributed by atoms with Crippen LogP contribution in [0.2, 0.25) is 5.02 Å². The summed E-state index contributed by atoms with van der Waals surface area (Å²) in [6, 6.07) is 9.55. The fourth-order valence-corrected chi connectivity index (χ4v) is 8.74. The van der Waals surface area contributed by atoms with Crippen molar-refractivity contribution >= 4 is 69.7 Å². The summed E-state index contributed by atoms with van der Waals surface area (Å²) in [5.41, 5.74) is 2.91. The van der Waals surface area contributed by atoms with Gasteiger partial charge in [0, 0.05) is 70.0 Å². The molecule has 1 unspecified atom stereocenters. The molecule has 3 aromatic rings. The van der Waals surface area contributed by atoms with Crippen molar-refractivity contribution in [1.82, 2.24) is 25.2 Å². The van der Waals surface area contributed by atoms with E-state index in [-0.39, 0.29) is 23.6 Å². The van der Waals surface area contributed by atoms with E-state index in [4.69, 9.17) is 11.6 Å². The van der Waals surface area contributed by atoms with Gasteiger partial charge in [0.25, 0.3) is 0 Å². The Morgan fingerprint density at radius 2 is 1.65 bits per heavy atom. The van der Waals surface area contributed by atoms with Gasteiger partial charge in [-0.25, -0.2) is 4.98 Å². The van der Waals surface area contributed by atoms with Crippen molar-refractivity contribution < 1.29 is 19.2 Å². The molecular formula is C40H47ClN10O4. The summed E-state index contributed by atoms with van der Waals surface area (Å²) < 4.78 is 0. The van der Waals surface area contributed by atoms with Crippen LogP contribution in [0.5, 0.6) is 0 Å². The highest BCUT2D eigenvalue weighted by Gasteiger charge is 2.49. The van der Waals surface area contributed by atoms with Crippen molar-refractivity contribution in [3.63, 3.8) is 0 Å². The number of imide groups is 1. The third-order valence-corrected chi connectivity index (χ3v) is 12.1. The van der Waals surface area contributed by atoms with Crippen LogP contribution >= 0.6 is 11.6 Å². The van der Waals surface area contributed by atoms with Crippen molar-refractivity contribution in [1.29, 1.82) is 0 Å². The van der Waals surface area contributed by atoms with Crippen molar-refractivity contribution in [2.75, 3.05) is 71.1 Å². The molecule has 5 aliphatic heterocycles. The lowest BCUT2D eigenvalue weighted by atomic mass is 9.77. The number of pyridine rings is 1. The summed E-state index contributed by atoms with van der Waals surface area (Å²) in [4.78, 5) is 72.7. The summed E-state index contributed by atoms with van der Waals surface area (Å²) in [5.74, 6) is 1.21. The molecule has 4 amide bonds. The van der Waals surface area contributed by atoms with E-state index in [1.807, 2.05) is 28.0 Å². The van der Waals surface area contributed by atoms with Gasteiger partial charge >= 0.3 is 0 Å². The number of anilines is 6. The Kier molecular flexibility index (Phi) is 10.6. The van der Waals surface area contributed by atoms with Gasteiger partial charge in [0.2, 0.25) is 29.6 Å². The Balaban J connectivity index is 0.799. The molecule has 55 heavy (non-hydrogen) atoms. The maximum Gasteiger partial charge on any atom is 0.249 e. The largest absolute Gasteiger partial charge is 0.374 e. The van der Waals surface area contributed by atoms with Gasteiger partial charge in [-0.3, -0.25) is 29.5 Å². The molecule has 1 spiro atoms. The first kappa shape index (κ1) is 36.7. The van der Waals surface area contributed by atoms with Crippen LogP contribution in [0.1, 0.15) is 57.8 Å². The zero-order valence-corrected chi connectivity index (χ0v) is 31.6. The lowest BCUT2D eigenvalue weighted by molar-refractivity contribution is -0.138. The van der Waals surface area contributed by atoms with Gasteiger partial charge < -0.3 is 30.2 Å². The van der Waals surface area contributed by atoms with Crippen LogP contribution in [0.25, 0.3) is 0 Å². The zero-order chi connectivity index (χ0) is 37.9. The minimum absolute atomic E-state index is 0.105. The number of nitrogens with zero attached hydrogens (tertiary/aromatic N) is 7. The molecule has 1 atom stereocenters. The fourth-order valence-electron chi connectivity index (χ4n) is 8.53. The Morgan fingerprint density at radius 3 is 2.40 bits per heavy atom. The second-order valence-corrected chi connectivity index (χ2v) is 15.7. The van der Waals surface area contributed by atoms with Crippen molar-refractivity contribution in [3.05, 3.63) is 66.1 Å². The average Bonchev–Trinajstić information content (AvgIpc) is 3.52. The topological polar surface area (TPSA) is 156 Å². The molecule has 7 heterocycles. The van der Waals surface area contributed by atoms with Crippen LogP contribution in [0, 0.1) is 11.3 Å². The van der Waals surface area contributed by atoms with Crippen molar-refractivity contribution in [3.8, 4) is 0 Å². The number of aromatic nitrogens is 3. The Bertz CT molecular complexity index is 1960. The number of hydrogen-bond donors (Lipinski definition) is 3. The van der Waals surface area contributed by atoms with E-state index < -0.39 is 11.5 Å². The molecule has 4 fully saturated rings. The predicted octanol–water partition coefficient (Wildman–Crippen LogP) is 4.90. The smallest absolute Gasteiger partial charge is 0.249 e. The number of carbonyl (C=O) groups is 4. The maximum atomic E-state index is 14.0. The van der Waals surface area contributed by atoms with Gasteiger partial charge in [-0.1, -0.05) is 23.8 Å². The van der Waals surface area contributed by atoms with Gasteiger partial charge in [0.1, 0.15) is 11.1 Å². The van der Waals surface area contributed by atoms with Crippen LogP contribution in [0.3, 0.4) is 0 Å². The predicted molar refractivity (Wildman–Crippen MR) is 212 cm³/mol. The second kappa shape index (κ2) is 15.9. The normalized spacial score (nSPS) is 21.6. The van der Waals surface area contributed by atoms with Gasteiger partial charge in [0.05, 0.1) is 35.4 Å². The average molecular weight is 767 g/mol. The van der Waals surface area contributed by atoms with Crippen LogP contribution in [-0.2, 0) is 19.2 Å². The van der Waals surface area contributed by atoms with Crippen LogP contribution in [-0.4, -0.2) is 95.3 Å². The number of piperidine rings is 3. The quantitative estimate of drug-likeness (QED) is 0.201. The SMILES string of the molecule is O=C1CCC(Nc2ccc(N3CCC(CC(=O)N4CCC5(CC4)CCN(c4cncc(Nc6ncc(Cl)c(N7CC=CCC7)n6)c4)C5=O)CC3)cc2)C(=O)N1. The second-order valence-electron chi connectivity index (χ2n) is 15.3. The first-order chi connectivity index (χ1) is 26.7. The highest BCUT2D eigenvalue weighted by Crippen LogP contribution is 2.44. The van der Waals surface area contributed by atoms with Gasteiger partial charge in [-0.2, -0.15) is 4.98 Å². The van der Waals surface area contributed by atoms with E-state index in [0.29, 0.717) is 80.1 Å². The van der Waals surface area contributed by atoms with E-state index in [0.717, 1.165) is 68.9 Å². The molecule has 4 saturated heterocycles. The third kappa shape index (κ3) is 8.10. The van der Waals surface area contributed by atoms with Crippen LogP contribution < -0.4 is 30.7 Å². The van der Waals surface area contributed by atoms with E-state index >= 15 is 0 Å². The number of amides is 4. The number of carbonyl (C=O) groups excluding carboxylic acids is 4. The number of likely N-dealkylation sites (tertiary alicyclic amines) is 1. The molecule has 5 aliphatic rings. The van der Waals surface area contributed by atoms with Crippen molar-refractivity contribution in [2.45, 2.75) is 63.8 Å². The minimum atomic E-state index is -0.463. The molecule has 1 aromatic carbocycles. The number of benzene rings is 1. The molecule has 0 bridgehead atoms. The highest BCUT2D eigenvalue weighted by atomic mass is 35.5. The number of halogens is 1. The van der Waals surface area contributed by atoms with Gasteiger partial charge in [0.15, 0.2) is 5.82 Å². The standard InChI is InChI=1S/C40H47ClN10O4/c41-32-26-43-39(47-36(32)50-15-2-1-3-16-50)45-29-23-31(25-42-24-29)51-21-14-40(38(51)55)12-19-49(20-13-40)35(53)22-27-10-17-48(18-11-27)30-6-4-28(5-7-30)44-33-8-9-34(52)46-37(33)54/h1-2,4-7,23-27,33,44H,3,8-22H2,(H,43,45,47)(H,46,52,54). The molecule has 0 aliphatic carbocycles. The molecule has 2 aromatic heterocycles. The zero-order valence-electron chi connectivity index (χ0n) is 30.9. The first-order valence-corrected chi connectivity index (χ1v) is 19.8. The molecule has 0 radical (unpaired) electrons. The molecule has 3 N–H and O–H groups in total. The van der Waals surface area contributed by atoms with Crippen LogP contribution in [0.15, 0.2) is 61.1 Å². The van der Waals surface area contributed by atoms with Gasteiger partial charge in [-0.15, -0.1) is 0 Å². The molecule has 8 rings (SSSR count). The summed E-state index contributed by atoms with van der Waals surface area (Å²) in [6.07, 6.45) is 15.5. The summed E-state index contributed by atoms with van der Waals surface area (Å²) >= 11 is 6.44. The van der Waals surface area contributed by atoms with Crippen LogP contribution in [0.4, 0.5) is 34.5 Å². The van der Waals surface area contributed by atoms with Gasteiger partial charge in [-0.05, 0) is 81.2 Å². The summed E-state index contributed by atoms with van der Waals surface area (Å²) in [7, 11) is 0. The van der Waals surface area contributed by atoms with E-state index in [9.17, 15) is 19.2 Å². The highest BCUT2D eigenvalue weighted by molar-refractivity contribution is 6.32. The number of nitrogens with one attached hydrogen (secondary N) is 3. The molecule has 14 nitrogen and oxygen atoms in total. The molecule has 15 heteroatoms. The van der Waals surface area contributed by atoms with E-state index in [1.165, 1.54) is 0 Å². The lowest BCUT2D eigenvalue weighted by Crippen LogP contribution is -2.47. The third-order valence-electron chi connectivity index (χ3n) is 11.9. The molecule has 288 valence electrons.